The molecule has 0 rings (SSSR count). The van der Waals surface area contributed by atoms with Crippen LogP contribution in [-0.2, 0) is 4.79 Å². The van der Waals surface area contributed by atoms with E-state index >= 15 is 0 Å². The average Bonchev–Trinajstić information content (AvgIpc) is 1.69. The minimum absolute atomic E-state index is 0.750. The smallest absolute Gasteiger partial charge is 0.116 e. The highest BCUT2D eigenvalue weighted by atomic mass is 16.4. The molecular formula is C4H9NO2. The fraction of sp³-hybridized carbons (Fsp3) is 0.500. The van der Waals surface area contributed by atoms with Gasteiger partial charge in [-0.1, -0.05) is 0 Å². The topological polar surface area (TPSA) is 49.7 Å². The zero-order chi connectivity index (χ0) is 6.12. The first-order valence-electron chi connectivity index (χ1n) is 1.85. The van der Waals surface area contributed by atoms with Crippen molar-refractivity contribution in [3.63, 3.8) is 0 Å². The maximum atomic E-state index is 8.81. The number of hydrogen-bond donors (Lipinski definition) is 1. The van der Waals surface area contributed by atoms with Crippen molar-refractivity contribution < 1.29 is 10.0 Å². The monoisotopic (exact) mass is 103 g/mol. The summed E-state index contributed by atoms with van der Waals surface area (Å²) in [5.41, 5.74) is 0. The van der Waals surface area contributed by atoms with Crippen molar-refractivity contribution in [1.82, 2.24) is 0 Å². The summed E-state index contributed by atoms with van der Waals surface area (Å²) in [4.78, 5) is 8.81. The molecule has 7 heavy (non-hydrogen) atoms. The van der Waals surface area contributed by atoms with E-state index in [0.29, 0.717) is 0 Å². The number of carbonyl (C=O) groups is 1. The van der Waals surface area contributed by atoms with E-state index in [-0.39, 0.29) is 0 Å². The highest BCUT2D eigenvalue weighted by Crippen LogP contribution is 1.38. The predicted molar refractivity (Wildman–Crippen MR) is 27.7 cm³/mol. The summed E-state index contributed by atoms with van der Waals surface area (Å²) in [6.45, 7) is 3.08. The van der Waals surface area contributed by atoms with Gasteiger partial charge < -0.3 is 10.0 Å². The minimum atomic E-state index is 0.750. The van der Waals surface area contributed by atoms with Crippen LogP contribution < -0.4 is 0 Å². The molecule has 0 saturated heterocycles. The van der Waals surface area contributed by atoms with Gasteiger partial charge in [-0.2, -0.15) is 0 Å². The molecule has 0 aliphatic heterocycles. The Balaban J connectivity index is 0. The lowest BCUT2D eigenvalue weighted by Crippen LogP contribution is -1.49. The van der Waals surface area contributed by atoms with Crippen LogP contribution >= 0.6 is 0 Å². The van der Waals surface area contributed by atoms with Crippen molar-refractivity contribution in [3.8, 4) is 0 Å². The van der Waals surface area contributed by atoms with Crippen LogP contribution in [0, 0.1) is 0 Å². The van der Waals surface area contributed by atoms with Crippen LogP contribution in [0.5, 0.6) is 0 Å². The molecule has 0 aromatic heterocycles. The summed E-state index contributed by atoms with van der Waals surface area (Å²) >= 11 is 0. The summed E-state index contributed by atoms with van der Waals surface area (Å²) in [6.07, 6.45) is 2.06. The van der Waals surface area contributed by atoms with Crippen molar-refractivity contribution in [2.45, 2.75) is 13.8 Å². The highest BCUT2D eigenvalue weighted by Gasteiger charge is 1.34. The van der Waals surface area contributed by atoms with Crippen molar-refractivity contribution in [2.75, 3.05) is 0 Å². The van der Waals surface area contributed by atoms with Gasteiger partial charge in [-0.25, -0.2) is 0 Å². The third-order valence-electron chi connectivity index (χ3n) is 0.115. The number of oxime groups is 1. The molecule has 0 aromatic carbocycles. The molecule has 0 radical (unpaired) electrons. The van der Waals surface area contributed by atoms with Crippen LogP contribution in [0.15, 0.2) is 5.16 Å². The predicted octanol–water partition coefficient (Wildman–Crippen LogP) is 0.671. The van der Waals surface area contributed by atoms with E-state index in [4.69, 9.17) is 10.0 Å². The van der Waals surface area contributed by atoms with Crippen LogP contribution in [0.1, 0.15) is 13.8 Å². The summed E-state index contributed by atoms with van der Waals surface area (Å²) < 4.78 is 0. The van der Waals surface area contributed by atoms with Crippen LogP contribution in [0.4, 0.5) is 0 Å². The van der Waals surface area contributed by atoms with E-state index in [2.05, 4.69) is 5.16 Å². The molecule has 0 aliphatic carbocycles. The summed E-state index contributed by atoms with van der Waals surface area (Å²) in [6, 6.07) is 0. The Labute approximate surface area is 42.6 Å². The van der Waals surface area contributed by atoms with Crippen LogP contribution in [-0.4, -0.2) is 17.7 Å². The Kier molecular flexibility index (Phi) is 26.0. The average molecular weight is 103 g/mol. The lowest BCUT2D eigenvalue weighted by Gasteiger charge is -1.54. The normalized spacial score (nSPS) is 7.14. The first-order valence-corrected chi connectivity index (χ1v) is 1.85. The second-order valence-corrected chi connectivity index (χ2v) is 0.609. The van der Waals surface area contributed by atoms with Crippen LogP contribution in [0.25, 0.3) is 0 Å². The van der Waals surface area contributed by atoms with Gasteiger partial charge in [-0.05, 0) is 13.8 Å². The summed E-state index contributed by atoms with van der Waals surface area (Å²) in [5, 5.41) is 10.1. The molecule has 0 atom stereocenters. The lowest BCUT2D eigenvalue weighted by molar-refractivity contribution is -0.106. The van der Waals surface area contributed by atoms with Gasteiger partial charge in [-0.15, -0.1) is 5.16 Å². The molecular weight excluding hydrogens is 94.0 g/mol. The van der Waals surface area contributed by atoms with Gasteiger partial charge >= 0.3 is 0 Å². The summed E-state index contributed by atoms with van der Waals surface area (Å²) in [5.74, 6) is 0. The molecule has 0 aromatic rings. The van der Waals surface area contributed by atoms with Crippen molar-refractivity contribution in [2.24, 2.45) is 5.16 Å². The third-order valence-corrected chi connectivity index (χ3v) is 0.115. The first-order chi connectivity index (χ1) is 3.33. The van der Waals surface area contributed by atoms with E-state index in [0.717, 1.165) is 6.29 Å². The van der Waals surface area contributed by atoms with Gasteiger partial charge in [0.05, 0.1) is 0 Å². The quantitative estimate of drug-likeness (QED) is 0.212. The molecule has 42 valence electrons. The first kappa shape index (κ1) is 9.46. The van der Waals surface area contributed by atoms with Crippen molar-refractivity contribution >= 4 is 12.5 Å². The molecule has 0 fully saturated rings. The Morgan fingerprint density at radius 2 is 1.71 bits per heavy atom. The lowest BCUT2D eigenvalue weighted by atomic mass is 10.9. The maximum Gasteiger partial charge on any atom is 0.116 e. The third kappa shape index (κ3) is 2590. The number of rotatable bonds is 0. The number of aldehydes is 1. The maximum absolute atomic E-state index is 8.81. The zero-order valence-corrected chi connectivity index (χ0v) is 4.46. The Morgan fingerprint density at radius 3 is 1.71 bits per heavy atom. The summed E-state index contributed by atoms with van der Waals surface area (Å²) in [7, 11) is 0. The molecule has 0 heterocycles. The van der Waals surface area contributed by atoms with E-state index in [1.54, 1.807) is 6.92 Å². The zero-order valence-electron chi connectivity index (χ0n) is 4.46. The van der Waals surface area contributed by atoms with Gasteiger partial charge in [0.1, 0.15) is 6.29 Å². The second-order valence-electron chi connectivity index (χ2n) is 0.609. The number of carbonyl (C=O) groups excluding carboxylic acids is 1. The fourth-order valence-corrected chi connectivity index (χ4v) is 0. The molecule has 3 nitrogen and oxygen atoms in total. The molecule has 0 bridgehead atoms. The fourth-order valence-electron chi connectivity index (χ4n) is 0. The standard InChI is InChI=1S/C2H5NO.C2H4O/c1-2-3-4;1-2-3/h2,4H,1H3;2H,1H3. The molecule has 0 amide bonds. The Bertz CT molecular complexity index is 47.7. The SMILES string of the molecule is CC=NO.CC=O. The molecule has 0 unspecified atom stereocenters. The van der Waals surface area contributed by atoms with Gasteiger partial charge in [0.2, 0.25) is 0 Å². The van der Waals surface area contributed by atoms with Gasteiger partial charge in [0.25, 0.3) is 0 Å². The number of hydrogen-bond acceptors (Lipinski definition) is 3. The molecule has 0 spiro atoms. The Hall–Kier alpha value is -0.860. The van der Waals surface area contributed by atoms with E-state index in [1.807, 2.05) is 0 Å². The van der Waals surface area contributed by atoms with Crippen LogP contribution in [0.3, 0.4) is 0 Å². The molecule has 0 aliphatic rings. The van der Waals surface area contributed by atoms with Crippen molar-refractivity contribution in [1.29, 1.82) is 0 Å². The Morgan fingerprint density at radius 1 is 1.57 bits per heavy atom. The molecule has 3 heteroatoms. The second kappa shape index (κ2) is 19.2. The molecule has 1 N–H and O–H groups in total. The van der Waals surface area contributed by atoms with Gasteiger partial charge in [-0.3, -0.25) is 0 Å². The largest absolute Gasteiger partial charge is 0.411 e. The highest BCUT2D eigenvalue weighted by molar-refractivity contribution is 5.51. The molecule has 0 saturated carbocycles. The minimum Gasteiger partial charge on any atom is -0.411 e. The van der Waals surface area contributed by atoms with E-state index < -0.39 is 0 Å². The van der Waals surface area contributed by atoms with Crippen LogP contribution in [0.2, 0.25) is 0 Å². The van der Waals surface area contributed by atoms with Crippen molar-refractivity contribution in [3.05, 3.63) is 0 Å². The van der Waals surface area contributed by atoms with E-state index in [1.165, 1.54) is 13.1 Å². The number of nitrogens with zero attached hydrogens (tertiary/aromatic N) is 1. The van der Waals surface area contributed by atoms with Gasteiger partial charge in [0, 0.05) is 6.21 Å². The van der Waals surface area contributed by atoms with E-state index in [9.17, 15) is 0 Å². The van der Waals surface area contributed by atoms with Gasteiger partial charge in [0.15, 0.2) is 0 Å².